The second-order valence-electron chi connectivity index (χ2n) is 3.30. The molecule has 0 fully saturated rings. The highest BCUT2D eigenvalue weighted by Gasteiger charge is 2.01. The van der Waals surface area contributed by atoms with Crippen LogP contribution >= 0.6 is 0 Å². The van der Waals surface area contributed by atoms with E-state index < -0.39 is 0 Å². The van der Waals surface area contributed by atoms with E-state index in [-0.39, 0.29) is 6.04 Å². The van der Waals surface area contributed by atoms with Crippen molar-refractivity contribution in [3.63, 3.8) is 0 Å². The Labute approximate surface area is 78.5 Å². The van der Waals surface area contributed by atoms with Gasteiger partial charge in [-0.3, -0.25) is 5.41 Å². The van der Waals surface area contributed by atoms with Crippen molar-refractivity contribution in [2.45, 2.75) is 19.9 Å². The van der Waals surface area contributed by atoms with Crippen LogP contribution in [-0.4, -0.2) is 11.9 Å². The van der Waals surface area contributed by atoms with Crippen LogP contribution in [0, 0.1) is 5.41 Å². The topological polar surface area (TPSA) is 61.9 Å². The van der Waals surface area contributed by atoms with Crippen molar-refractivity contribution in [3.05, 3.63) is 29.8 Å². The fourth-order valence-electron chi connectivity index (χ4n) is 1.02. The quantitative estimate of drug-likeness (QED) is 0.365. The molecule has 13 heavy (non-hydrogen) atoms. The smallest absolute Gasteiger partial charge is 0.125 e. The van der Waals surface area contributed by atoms with Crippen molar-refractivity contribution >= 4 is 11.5 Å². The van der Waals surface area contributed by atoms with Gasteiger partial charge >= 0.3 is 0 Å². The summed E-state index contributed by atoms with van der Waals surface area (Å²) < 4.78 is 0. The van der Waals surface area contributed by atoms with Gasteiger partial charge in [-0.2, -0.15) is 0 Å². The fourth-order valence-corrected chi connectivity index (χ4v) is 1.02. The Hall–Kier alpha value is -1.51. The zero-order valence-electron chi connectivity index (χ0n) is 7.96. The molecule has 0 unspecified atom stereocenters. The lowest BCUT2D eigenvalue weighted by Gasteiger charge is -2.10. The Balaban J connectivity index is 2.72. The number of hydrogen-bond donors (Lipinski definition) is 3. The Morgan fingerprint density at radius 1 is 1.31 bits per heavy atom. The molecule has 0 saturated heterocycles. The number of hydrogen-bond acceptors (Lipinski definition) is 2. The lowest BCUT2D eigenvalue weighted by molar-refractivity contribution is 0.731. The molecule has 0 aliphatic carbocycles. The van der Waals surface area contributed by atoms with Gasteiger partial charge in [-0.05, 0) is 38.1 Å². The standard InChI is InChI=1S/C10H15N3/c1-7(2)13-10(12)8-3-5-9(11)6-4-8/h3-7H,11H2,1-2H3,(H2,12,13). The maximum atomic E-state index is 7.68. The van der Waals surface area contributed by atoms with Gasteiger partial charge in [0.1, 0.15) is 5.84 Å². The van der Waals surface area contributed by atoms with Crippen molar-refractivity contribution in [3.8, 4) is 0 Å². The molecule has 0 aliphatic heterocycles. The lowest BCUT2D eigenvalue weighted by atomic mass is 10.2. The molecule has 0 spiro atoms. The molecule has 4 N–H and O–H groups in total. The molecule has 3 heteroatoms. The summed E-state index contributed by atoms with van der Waals surface area (Å²) in [7, 11) is 0. The van der Waals surface area contributed by atoms with Crippen LogP contribution < -0.4 is 11.1 Å². The summed E-state index contributed by atoms with van der Waals surface area (Å²) in [5.74, 6) is 0.440. The van der Waals surface area contributed by atoms with Crippen LogP contribution in [0.5, 0.6) is 0 Å². The highest BCUT2D eigenvalue weighted by atomic mass is 15.0. The van der Waals surface area contributed by atoms with Gasteiger partial charge in [0.25, 0.3) is 0 Å². The molecular weight excluding hydrogens is 162 g/mol. The van der Waals surface area contributed by atoms with Gasteiger partial charge in [-0.15, -0.1) is 0 Å². The zero-order chi connectivity index (χ0) is 9.84. The first-order valence-corrected chi connectivity index (χ1v) is 4.30. The van der Waals surface area contributed by atoms with E-state index in [9.17, 15) is 0 Å². The first kappa shape index (κ1) is 9.58. The number of nitrogens with one attached hydrogen (secondary N) is 2. The van der Waals surface area contributed by atoms with Crippen LogP contribution in [0.15, 0.2) is 24.3 Å². The molecule has 0 radical (unpaired) electrons. The maximum Gasteiger partial charge on any atom is 0.125 e. The van der Waals surface area contributed by atoms with E-state index >= 15 is 0 Å². The number of amidine groups is 1. The molecule has 0 aliphatic rings. The number of anilines is 1. The average Bonchev–Trinajstić information content (AvgIpc) is 2.04. The van der Waals surface area contributed by atoms with Crippen LogP contribution in [0.1, 0.15) is 19.4 Å². The van der Waals surface area contributed by atoms with Crippen LogP contribution in [0.2, 0.25) is 0 Å². The largest absolute Gasteiger partial charge is 0.399 e. The van der Waals surface area contributed by atoms with Gasteiger partial charge in [0.2, 0.25) is 0 Å². The normalized spacial score (nSPS) is 10.1. The number of nitrogens with two attached hydrogens (primary N) is 1. The number of benzene rings is 1. The molecule has 1 aromatic rings. The van der Waals surface area contributed by atoms with Crippen LogP contribution in [-0.2, 0) is 0 Å². The summed E-state index contributed by atoms with van der Waals surface area (Å²) >= 11 is 0. The van der Waals surface area contributed by atoms with Gasteiger partial charge < -0.3 is 11.1 Å². The van der Waals surface area contributed by atoms with Gasteiger partial charge in [-0.1, -0.05) is 0 Å². The van der Waals surface area contributed by atoms with Crippen LogP contribution in [0.3, 0.4) is 0 Å². The van der Waals surface area contributed by atoms with E-state index in [0.29, 0.717) is 5.84 Å². The molecule has 1 aromatic carbocycles. The van der Waals surface area contributed by atoms with Gasteiger partial charge in [0.05, 0.1) is 0 Å². The van der Waals surface area contributed by atoms with Crippen LogP contribution in [0.25, 0.3) is 0 Å². The maximum absolute atomic E-state index is 7.68. The Bertz CT molecular complexity index is 288. The molecule has 0 amide bonds. The third-order valence-corrected chi connectivity index (χ3v) is 1.63. The first-order chi connectivity index (χ1) is 6.09. The second-order valence-corrected chi connectivity index (χ2v) is 3.30. The minimum atomic E-state index is 0.282. The third kappa shape index (κ3) is 2.78. The van der Waals surface area contributed by atoms with Crippen LogP contribution in [0.4, 0.5) is 5.69 Å². The second kappa shape index (κ2) is 3.94. The Morgan fingerprint density at radius 2 is 1.85 bits per heavy atom. The monoisotopic (exact) mass is 177 g/mol. The molecule has 0 aromatic heterocycles. The molecule has 0 bridgehead atoms. The SMILES string of the molecule is CC(C)NC(=N)c1ccc(N)cc1. The average molecular weight is 177 g/mol. The van der Waals surface area contributed by atoms with E-state index in [1.807, 2.05) is 26.0 Å². The molecule has 70 valence electrons. The van der Waals surface area contributed by atoms with Gasteiger partial charge in [0.15, 0.2) is 0 Å². The molecular formula is C10H15N3. The van der Waals surface area contributed by atoms with E-state index in [1.54, 1.807) is 12.1 Å². The number of rotatable bonds is 2. The first-order valence-electron chi connectivity index (χ1n) is 4.30. The van der Waals surface area contributed by atoms with E-state index in [4.69, 9.17) is 11.1 Å². The van der Waals surface area contributed by atoms with Crippen molar-refractivity contribution < 1.29 is 0 Å². The highest BCUT2D eigenvalue weighted by molar-refractivity contribution is 5.96. The highest BCUT2D eigenvalue weighted by Crippen LogP contribution is 2.05. The summed E-state index contributed by atoms with van der Waals surface area (Å²) in [4.78, 5) is 0. The summed E-state index contributed by atoms with van der Waals surface area (Å²) in [5, 5.41) is 10.7. The molecule has 0 saturated carbocycles. The summed E-state index contributed by atoms with van der Waals surface area (Å²) in [6, 6.07) is 7.56. The Kier molecular flexibility index (Phi) is 2.90. The Morgan fingerprint density at radius 3 is 2.31 bits per heavy atom. The summed E-state index contributed by atoms with van der Waals surface area (Å²) in [6.45, 7) is 4.01. The van der Waals surface area contributed by atoms with E-state index in [2.05, 4.69) is 5.32 Å². The third-order valence-electron chi connectivity index (χ3n) is 1.63. The summed E-state index contributed by atoms with van der Waals surface area (Å²) in [5.41, 5.74) is 7.12. The van der Waals surface area contributed by atoms with E-state index in [0.717, 1.165) is 11.3 Å². The van der Waals surface area contributed by atoms with Gasteiger partial charge in [-0.25, -0.2) is 0 Å². The minimum absolute atomic E-state index is 0.282. The summed E-state index contributed by atoms with van der Waals surface area (Å²) in [6.07, 6.45) is 0. The predicted octanol–water partition coefficient (Wildman–Crippen LogP) is 1.59. The van der Waals surface area contributed by atoms with Gasteiger partial charge in [0, 0.05) is 17.3 Å². The molecule has 3 nitrogen and oxygen atoms in total. The molecule has 0 atom stereocenters. The zero-order valence-corrected chi connectivity index (χ0v) is 7.96. The van der Waals surface area contributed by atoms with Crippen molar-refractivity contribution in [1.29, 1.82) is 5.41 Å². The lowest BCUT2D eigenvalue weighted by Crippen LogP contribution is -2.30. The van der Waals surface area contributed by atoms with Crippen molar-refractivity contribution in [2.75, 3.05) is 5.73 Å². The predicted molar refractivity (Wildman–Crippen MR) is 56.0 cm³/mol. The fraction of sp³-hybridized carbons (Fsp3) is 0.300. The van der Waals surface area contributed by atoms with E-state index in [1.165, 1.54) is 0 Å². The minimum Gasteiger partial charge on any atom is -0.399 e. The number of nitrogen functional groups attached to an aromatic ring is 1. The van der Waals surface area contributed by atoms with Crippen molar-refractivity contribution in [2.24, 2.45) is 0 Å². The molecule has 1 rings (SSSR count). The van der Waals surface area contributed by atoms with Crippen molar-refractivity contribution in [1.82, 2.24) is 5.32 Å². The molecule has 0 heterocycles.